The number of unbranched alkanes of at least 4 members (excludes halogenated alkanes) is 14. The highest BCUT2D eigenvalue weighted by Gasteiger charge is 2.02. The molecule has 0 bridgehead atoms. The molecule has 0 aliphatic heterocycles. The van der Waals surface area contributed by atoms with Gasteiger partial charge in [-0.05, 0) is 6.42 Å². The van der Waals surface area contributed by atoms with E-state index >= 15 is 0 Å². The molecular weight excluding hydrogens is 423 g/mol. The summed E-state index contributed by atoms with van der Waals surface area (Å²) in [5, 5.41) is 8.54. The van der Waals surface area contributed by atoms with Crippen LogP contribution in [-0.2, 0) is 18.8 Å². The number of hydrogen-bond donors (Lipinski definition) is 4. The molecule has 9 heteroatoms. The SMILES string of the molecule is CCCCCCCCCCCCCCCCCC(=O)OCCOCCO.O=P(O)(O)O. The van der Waals surface area contributed by atoms with Gasteiger partial charge < -0.3 is 29.3 Å². The average Bonchev–Trinajstić information content (AvgIpc) is 2.69. The third-order valence-corrected chi connectivity index (χ3v) is 4.71. The molecule has 0 atom stereocenters. The van der Waals surface area contributed by atoms with Crippen molar-refractivity contribution in [1.82, 2.24) is 0 Å². The van der Waals surface area contributed by atoms with Crippen LogP contribution in [-0.4, -0.2) is 52.2 Å². The van der Waals surface area contributed by atoms with Gasteiger partial charge in [-0.3, -0.25) is 4.79 Å². The number of ether oxygens (including phenoxy) is 2. The van der Waals surface area contributed by atoms with Gasteiger partial charge in [0.05, 0.1) is 19.8 Å². The summed E-state index contributed by atoms with van der Waals surface area (Å²) in [7, 11) is -4.64. The molecule has 0 aromatic carbocycles. The van der Waals surface area contributed by atoms with Crippen LogP contribution in [0.15, 0.2) is 0 Å². The summed E-state index contributed by atoms with van der Waals surface area (Å²) in [5.41, 5.74) is 0. The van der Waals surface area contributed by atoms with Crippen molar-refractivity contribution in [3.63, 3.8) is 0 Å². The van der Waals surface area contributed by atoms with Gasteiger partial charge in [0.15, 0.2) is 0 Å². The fraction of sp³-hybridized carbons (Fsp3) is 0.955. The highest BCUT2D eigenvalue weighted by molar-refractivity contribution is 7.45. The maximum absolute atomic E-state index is 11.5. The van der Waals surface area contributed by atoms with E-state index < -0.39 is 7.82 Å². The molecule has 0 saturated carbocycles. The monoisotopic (exact) mass is 470 g/mol. The van der Waals surface area contributed by atoms with Crippen molar-refractivity contribution in [2.24, 2.45) is 0 Å². The number of rotatable bonds is 21. The van der Waals surface area contributed by atoms with Crippen molar-refractivity contribution in [2.45, 2.75) is 110 Å². The molecule has 0 aromatic heterocycles. The van der Waals surface area contributed by atoms with Crippen LogP contribution in [0.25, 0.3) is 0 Å². The van der Waals surface area contributed by atoms with Crippen molar-refractivity contribution >= 4 is 13.8 Å². The van der Waals surface area contributed by atoms with E-state index in [9.17, 15) is 4.79 Å². The first-order valence-corrected chi connectivity index (χ1v) is 13.5. The Kier molecular flexibility index (Phi) is 27.2. The fourth-order valence-corrected chi connectivity index (χ4v) is 3.09. The Balaban J connectivity index is 0. The van der Waals surface area contributed by atoms with Crippen LogP contribution in [0.4, 0.5) is 0 Å². The zero-order valence-electron chi connectivity index (χ0n) is 19.5. The van der Waals surface area contributed by atoms with Crippen molar-refractivity contribution in [3.05, 3.63) is 0 Å². The minimum atomic E-state index is -4.64. The van der Waals surface area contributed by atoms with Crippen molar-refractivity contribution in [3.8, 4) is 0 Å². The first-order chi connectivity index (χ1) is 14.8. The standard InChI is InChI=1S/C22H44O4.H3O4P/c1-2-3-4-5-6-7-8-9-10-11-12-13-14-15-16-17-22(24)26-21-20-25-19-18-23;1-5(2,3)4/h23H,2-21H2,1H3;(H3,1,2,3,4). The fourth-order valence-electron chi connectivity index (χ4n) is 3.09. The molecule has 0 saturated heterocycles. The lowest BCUT2D eigenvalue weighted by atomic mass is 10.0. The van der Waals surface area contributed by atoms with Gasteiger partial charge in [-0.25, -0.2) is 4.57 Å². The van der Waals surface area contributed by atoms with Crippen LogP contribution in [0.1, 0.15) is 110 Å². The van der Waals surface area contributed by atoms with Gasteiger partial charge >= 0.3 is 13.8 Å². The Morgan fingerprint density at radius 2 is 1.06 bits per heavy atom. The molecule has 0 aliphatic carbocycles. The lowest BCUT2D eigenvalue weighted by Crippen LogP contribution is -2.11. The van der Waals surface area contributed by atoms with Crippen LogP contribution < -0.4 is 0 Å². The average molecular weight is 471 g/mol. The third-order valence-electron chi connectivity index (χ3n) is 4.71. The molecule has 0 aliphatic rings. The van der Waals surface area contributed by atoms with E-state index in [2.05, 4.69) is 6.92 Å². The second-order valence-electron chi connectivity index (χ2n) is 7.77. The normalized spacial score (nSPS) is 11.1. The molecule has 0 fully saturated rings. The zero-order chi connectivity index (χ0) is 23.6. The van der Waals surface area contributed by atoms with Gasteiger partial charge in [0.2, 0.25) is 0 Å². The zero-order valence-corrected chi connectivity index (χ0v) is 20.4. The van der Waals surface area contributed by atoms with Crippen LogP contribution in [0.5, 0.6) is 0 Å². The molecule has 0 amide bonds. The predicted molar refractivity (Wildman–Crippen MR) is 123 cm³/mol. The van der Waals surface area contributed by atoms with Crippen LogP contribution in [0.2, 0.25) is 0 Å². The van der Waals surface area contributed by atoms with Gasteiger partial charge in [0.25, 0.3) is 0 Å². The predicted octanol–water partition coefficient (Wildman–Crippen LogP) is 4.87. The van der Waals surface area contributed by atoms with E-state index in [4.69, 9.17) is 33.8 Å². The molecule has 188 valence electrons. The van der Waals surface area contributed by atoms with Crippen molar-refractivity contribution in [2.75, 3.05) is 26.4 Å². The summed E-state index contributed by atoms with van der Waals surface area (Å²) in [5.74, 6) is -0.132. The van der Waals surface area contributed by atoms with E-state index in [0.29, 0.717) is 19.6 Å². The van der Waals surface area contributed by atoms with Crippen LogP contribution >= 0.6 is 7.82 Å². The molecule has 0 unspecified atom stereocenters. The highest BCUT2D eigenvalue weighted by Crippen LogP contribution is 2.25. The summed E-state index contributed by atoms with van der Waals surface area (Å²) in [4.78, 5) is 33.0. The topological polar surface area (TPSA) is 134 Å². The summed E-state index contributed by atoms with van der Waals surface area (Å²) < 4.78 is 19.0. The van der Waals surface area contributed by atoms with Gasteiger partial charge in [0.1, 0.15) is 6.61 Å². The van der Waals surface area contributed by atoms with E-state index in [0.717, 1.165) is 12.8 Å². The van der Waals surface area contributed by atoms with E-state index in [1.807, 2.05) is 0 Å². The largest absolute Gasteiger partial charge is 0.466 e. The second kappa shape index (κ2) is 25.8. The quantitative estimate of drug-likeness (QED) is 0.106. The Bertz CT molecular complexity index is 406. The van der Waals surface area contributed by atoms with Gasteiger partial charge in [-0.15, -0.1) is 0 Å². The number of phosphoric acid groups is 1. The van der Waals surface area contributed by atoms with Crippen LogP contribution in [0.3, 0.4) is 0 Å². The number of aliphatic hydroxyl groups is 1. The van der Waals surface area contributed by atoms with E-state index in [-0.39, 0.29) is 19.2 Å². The van der Waals surface area contributed by atoms with Gasteiger partial charge in [0, 0.05) is 6.42 Å². The molecule has 4 N–H and O–H groups in total. The van der Waals surface area contributed by atoms with E-state index in [1.54, 1.807) is 0 Å². The Morgan fingerprint density at radius 1 is 0.677 bits per heavy atom. The molecule has 0 heterocycles. The first kappa shape index (κ1) is 32.7. The van der Waals surface area contributed by atoms with Crippen LogP contribution in [0, 0.1) is 0 Å². The molecule has 0 radical (unpaired) electrons. The number of hydrogen-bond acceptors (Lipinski definition) is 5. The molecule has 0 aromatic rings. The number of carbonyl (C=O) groups is 1. The first-order valence-electron chi connectivity index (χ1n) is 11.9. The number of carbonyl (C=O) groups excluding carboxylic acids is 1. The molecule has 8 nitrogen and oxygen atoms in total. The van der Waals surface area contributed by atoms with Crippen molar-refractivity contribution < 1.29 is 38.6 Å². The summed E-state index contributed by atoms with van der Waals surface area (Å²) in [6.45, 7) is 3.24. The minimum absolute atomic E-state index is 0.00702. The number of esters is 1. The molecular formula is C22H47O8P. The van der Waals surface area contributed by atoms with E-state index in [1.165, 1.54) is 83.5 Å². The van der Waals surface area contributed by atoms with Gasteiger partial charge in [-0.1, -0.05) is 96.8 Å². The maximum atomic E-state index is 11.5. The second-order valence-corrected chi connectivity index (χ2v) is 8.80. The Labute approximate surface area is 189 Å². The van der Waals surface area contributed by atoms with Gasteiger partial charge in [-0.2, -0.15) is 0 Å². The molecule has 0 spiro atoms. The minimum Gasteiger partial charge on any atom is -0.463 e. The third kappa shape index (κ3) is 40.4. The van der Waals surface area contributed by atoms with Crippen molar-refractivity contribution in [1.29, 1.82) is 0 Å². The smallest absolute Gasteiger partial charge is 0.463 e. The highest BCUT2D eigenvalue weighted by atomic mass is 31.2. The summed E-state index contributed by atoms with van der Waals surface area (Å²) in [6, 6.07) is 0. The number of aliphatic hydroxyl groups excluding tert-OH is 1. The molecule has 31 heavy (non-hydrogen) atoms. The summed E-state index contributed by atoms with van der Waals surface area (Å²) >= 11 is 0. The summed E-state index contributed by atoms with van der Waals surface area (Å²) in [6.07, 6.45) is 20.4. The Hall–Kier alpha value is -0.500. The lowest BCUT2D eigenvalue weighted by Gasteiger charge is -2.05. The maximum Gasteiger partial charge on any atom is 0.466 e. The Morgan fingerprint density at radius 3 is 1.45 bits per heavy atom. The lowest BCUT2D eigenvalue weighted by molar-refractivity contribution is -0.145. The molecule has 0 rings (SSSR count).